The molecule has 0 aliphatic rings. The molecule has 0 aliphatic heterocycles. The van der Waals surface area contributed by atoms with E-state index in [4.69, 9.17) is 14.2 Å². The van der Waals surface area contributed by atoms with Gasteiger partial charge < -0.3 is 14.2 Å². The lowest BCUT2D eigenvalue weighted by molar-refractivity contribution is -0.167. The third-order valence-corrected chi connectivity index (χ3v) is 12.8. The van der Waals surface area contributed by atoms with Gasteiger partial charge in [0.15, 0.2) is 6.10 Å². The molecule has 0 amide bonds. The second-order valence-electron chi connectivity index (χ2n) is 19.6. The molecule has 0 saturated carbocycles. The van der Waals surface area contributed by atoms with Crippen molar-refractivity contribution in [2.75, 3.05) is 13.2 Å². The summed E-state index contributed by atoms with van der Waals surface area (Å²) in [6, 6.07) is 0. The first kappa shape index (κ1) is 59.4. The Bertz CT molecular complexity index is 933. The Hall–Kier alpha value is -1.59. The molecular weight excluding hydrogens is 757 g/mol. The molecular formula is C55H106O6. The van der Waals surface area contributed by atoms with Crippen LogP contribution >= 0.6 is 0 Å². The van der Waals surface area contributed by atoms with Gasteiger partial charge in [0.05, 0.1) is 0 Å². The molecule has 0 rings (SSSR count). The second-order valence-corrected chi connectivity index (χ2v) is 19.6. The number of ether oxygens (including phenoxy) is 3. The summed E-state index contributed by atoms with van der Waals surface area (Å²) in [4.78, 5) is 38.0. The first-order chi connectivity index (χ1) is 29.8. The SMILES string of the molecule is CCCCCCCCCCCCCCCCCCCC(=O)OC[C@@H](COC(=O)CCCCCCCCCCCCCC(C)C)OC(=O)CCCCCCCCCCC(C)CC. The minimum Gasteiger partial charge on any atom is -0.462 e. The van der Waals surface area contributed by atoms with E-state index in [2.05, 4.69) is 34.6 Å². The van der Waals surface area contributed by atoms with Gasteiger partial charge in [-0.05, 0) is 31.1 Å². The number of carbonyl (C=O) groups is 3. The second kappa shape index (κ2) is 47.9. The molecule has 0 aromatic rings. The maximum absolute atomic E-state index is 12.8. The van der Waals surface area contributed by atoms with Crippen LogP contribution in [0.3, 0.4) is 0 Å². The molecule has 6 heteroatoms. The van der Waals surface area contributed by atoms with Gasteiger partial charge in [-0.15, -0.1) is 0 Å². The number of rotatable bonds is 49. The molecule has 0 radical (unpaired) electrons. The summed E-state index contributed by atoms with van der Waals surface area (Å²) in [5.74, 6) is 0.825. The van der Waals surface area contributed by atoms with Crippen molar-refractivity contribution in [3.05, 3.63) is 0 Å². The fourth-order valence-electron chi connectivity index (χ4n) is 8.31. The van der Waals surface area contributed by atoms with Crippen LogP contribution in [0, 0.1) is 11.8 Å². The van der Waals surface area contributed by atoms with Gasteiger partial charge in [-0.1, -0.05) is 266 Å². The Kier molecular flexibility index (Phi) is 46.6. The molecule has 0 aromatic heterocycles. The van der Waals surface area contributed by atoms with Gasteiger partial charge in [0, 0.05) is 19.3 Å². The Morgan fingerprint density at radius 1 is 0.344 bits per heavy atom. The number of unbranched alkanes of at least 4 members (excludes halogenated alkanes) is 33. The van der Waals surface area contributed by atoms with Gasteiger partial charge in [0.2, 0.25) is 0 Å². The molecule has 2 atom stereocenters. The zero-order valence-corrected chi connectivity index (χ0v) is 41.8. The van der Waals surface area contributed by atoms with E-state index in [9.17, 15) is 14.4 Å². The highest BCUT2D eigenvalue weighted by atomic mass is 16.6. The highest BCUT2D eigenvalue weighted by Gasteiger charge is 2.19. The van der Waals surface area contributed by atoms with Gasteiger partial charge in [-0.25, -0.2) is 0 Å². The number of carbonyl (C=O) groups excluding carboxylic acids is 3. The highest BCUT2D eigenvalue weighted by Crippen LogP contribution is 2.18. The zero-order valence-electron chi connectivity index (χ0n) is 41.8. The Balaban J connectivity index is 4.29. The zero-order chi connectivity index (χ0) is 44.7. The summed E-state index contributed by atoms with van der Waals surface area (Å²) in [5.41, 5.74) is 0. The standard InChI is InChI=1S/C55H106O6/c1-6-8-9-10-11-12-13-14-15-16-17-18-21-24-30-35-40-45-53(56)59-48-52(61-55(58)47-42-37-32-27-26-29-34-39-44-51(5)7-2)49-60-54(57)46-41-36-31-25-22-19-20-23-28-33-38-43-50(3)4/h50-52H,6-49H2,1-5H3/t51?,52-/m0/s1. The topological polar surface area (TPSA) is 78.9 Å². The van der Waals surface area contributed by atoms with Gasteiger partial charge in [0.25, 0.3) is 0 Å². The summed E-state index contributed by atoms with van der Waals surface area (Å²) < 4.78 is 16.8. The highest BCUT2D eigenvalue weighted by molar-refractivity contribution is 5.71. The van der Waals surface area contributed by atoms with Gasteiger partial charge in [-0.2, -0.15) is 0 Å². The molecule has 0 saturated heterocycles. The minimum absolute atomic E-state index is 0.0637. The van der Waals surface area contributed by atoms with Gasteiger partial charge >= 0.3 is 17.9 Å². The lowest BCUT2D eigenvalue weighted by Crippen LogP contribution is -2.30. The van der Waals surface area contributed by atoms with Crippen LogP contribution in [0.1, 0.15) is 304 Å². The average molecular weight is 863 g/mol. The maximum atomic E-state index is 12.8. The van der Waals surface area contributed by atoms with Crippen LogP contribution < -0.4 is 0 Å². The lowest BCUT2D eigenvalue weighted by atomic mass is 9.99. The van der Waals surface area contributed by atoms with Crippen molar-refractivity contribution < 1.29 is 28.6 Å². The molecule has 0 bridgehead atoms. The molecule has 0 aliphatic carbocycles. The third kappa shape index (κ3) is 47.7. The van der Waals surface area contributed by atoms with E-state index in [-0.39, 0.29) is 31.1 Å². The van der Waals surface area contributed by atoms with E-state index < -0.39 is 6.10 Å². The largest absolute Gasteiger partial charge is 0.462 e. The van der Waals surface area contributed by atoms with E-state index in [0.717, 1.165) is 69.6 Å². The first-order valence-electron chi connectivity index (χ1n) is 27.3. The summed E-state index contributed by atoms with van der Waals surface area (Å²) in [6.07, 6.45) is 49.4. The molecule has 61 heavy (non-hydrogen) atoms. The third-order valence-electron chi connectivity index (χ3n) is 12.8. The molecule has 0 fully saturated rings. The van der Waals surface area contributed by atoms with E-state index in [1.807, 2.05) is 0 Å². The molecule has 6 nitrogen and oxygen atoms in total. The fourth-order valence-corrected chi connectivity index (χ4v) is 8.31. The summed E-state index contributed by atoms with van der Waals surface area (Å²) in [7, 11) is 0. The molecule has 0 aromatic carbocycles. The minimum atomic E-state index is -0.762. The van der Waals surface area contributed by atoms with Crippen molar-refractivity contribution >= 4 is 17.9 Å². The van der Waals surface area contributed by atoms with Crippen LogP contribution in [0.5, 0.6) is 0 Å². The van der Waals surface area contributed by atoms with Crippen LogP contribution in [0.15, 0.2) is 0 Å². The van der Waals surface area contributed by atoms with E-state index in [1.165, 1.54) is 193 Å². The maximum Gasteiger partial charge on any atom is 0.306 e. The number of hydrogen-bond donors (Lipinski definition) is 0. The summed E-state index contributed by atoms with van der Waals surface area (Å²) in [6.45, 7) is 11.4. The van der Waals surface area contributed by atoms with Crippen molar-refractivity contribution in [1.29, 1.82) is 0 Å². The average Bonchev–Trinajstić information content (AvgIpc) is 3.24. The Morgan fingerprint density at radius 2 is 0.623 bits per heavy atom. The molecule has 0 heterocycles. The lowest BCUT2D eigenvalue weighted by Gasteiger charge is -2.18. The van der Waals surface area contributed by atoms with Crippen LogP contribution in [-0.4, -0.2) is 37.2 Å². The van der Waals surface area contributed by atoms with Crippen LogP contribution in [0.2, 0.25) is 0 Å². The molecule has 0 N–H and O–H groups in total. The van der Waals surface area contributed by atoms with Crippen molar-refractivity contribution in [2.24, 2.45) is 11.8 Å². The molecule has 1 unspecified atom stereocenters. The first-order valence-corrected chi connectivity index (χ1v) is 27.3. The van der Waals surface area contributed by atoms with E-state index in [1.54, 1.807) is 0 Å². The number of hydrogen-bond acceptors (Lipinski definition) is 6. The van der Waals surface area contributed by atoms with E-state index >= 15 is 0 Å². The van der Waals surface area contributed by atoms with Crippen molar-refractivity contribution in [3.63, 3.8) is 0 Å². The van der Waals surface area contributed by atoms with E-state index in [0.29, 0.717) is 19.3 Å². The predicted octanol–water partition coefficient (Wildman–Crippen LogP) is 17.7. The van der Waals surface area contributed by atoms with Crippen molar-refractivity contribution in [2.45, 2.75) is 310 Å². The van der Waals surface area contributed by atoms with Crippen LogP contribution in [0.4, 0.5) is 0 Å². The smallest absolute Gasteiger partial charge is 0.306 e. The van der Waals surface area contributed by atoms with Crippen LogP contribution in [-0.2, 0) is 28.6 Å². The Labute approximate surface area is 380 Å². The summed E-state index contributed by atoms with van der Waals surface area (Å²) in [5, 5.41) is 0. The van der Waals surface area contributed by atoms with Crippen LogP contribution in [0.25, 0.3) is 0 Å². The Morgan fingerprint density at radius 3 is 0.934 bits per heavy atom. The fraction of sp³-hybridized carbons (Fsp3) is 0.945. The van der Waals surface area contributed by atoms with Crippen molar-refractivity contribution in [1.82, 2.24) is 0 Å². The number of esters is 3. The monoisotopic (exact) mass is 863 g/mol. The predicted molar refractivity (Wildman–Crippen MR) is 261 cm³/mol. The molecule has 362 valence electrons. The quantitative estimate of drug-likeness (QED) is 0.0344. The van der Waals surface area contributed by atoms with Gasteiger partial charge in [-0.3, -0.25) is 14.4 Å². The molecule has 0 spiro atoms. The normalized spacial score (nSPS) is 12.5. The summed E-state index contributed by atoms with van der Waals surface area (Å²) >= 11 is 0. The van der Waals surface area contributed by atoms with Crippen molar-refractivity contribution in [3.8, 4) is 0 Å². The van der Waals surface area contributed by atoms with Gasteiger partial charge in [0.1, 0.15) is 13.2 Å².